The summed E-state index contributed by atoms with van der Waals surface area (Å²) in [7, 11) is 0. The first-order chi connectivity index (χ1) is 7.16. The van der Waals surface area contributed by atoms with Crippen molar-refractivity contribution >= 4 is 16.7 Å². The average Bonchev–Trinajstić information content (AvgIpc) is 2.57. The molecule has 0 aliphatic heterocycles. The molecule has 0 aliphatic carbocycles. The van der Waals surface area contributed by atoms with Gasteiger partial charge in [-0.15, -0.1) is 0 Å². The minimum absolute atomic E-state index is 0.240. The molecule has 0 bridgehead atoms. The molecule has 0 unspecified atom stereocenters. The molecule has 2 heteroatoms. The van der Waals surface area contributed by atoms with E-state index in [4.69, 9.17) is 0 Å². The third-order valence-electron chi connectivity index (χ3n) is 2.63. The number of benzene rings is 1. The molecule has 0 aliphatic rings. The maximum atomic E-state index is 10.9. The van der Waals surface area contributed by atoms with Crippen LogP contribution in [-0.4, -0.2) is 10.4 Å². The minimum atomic E-state index is 0.240. The summed E-state index contributed by atoms with van der Waals surface area (Å²) in [4.78, 5) is 10.9. The molecule has 0 atom stereocenters. The molecule has 0 radical (unpaired) electrons. The van der Waals surface area contributed by atoms with Crippen molar-refractivity contribution in [3.8, 4) is 0 Å². The van der Waals surface area contributed by atoms with Gasteiger partial charge < -0.3 is 4.57 Å². The van der Waals surface area contributed by atoms with Crippen molar-refractivity contribution < 1.29 is 4.79 Å². The number of hydrogen-bond acceptors (Lipinski definition) is 1. The number of carbonyl (C=O) groups is 1. The van der Waals surface area contributed by atoms with E-state index in [-0.39, 0.29) is 5.78 Å². The zero-order chi connectivity index (χ0) is 10.8. The lowest BCUT2D eigenvalue weighted by atomic mass is 10.2. The Hall–Kier alpha value is -1.57. The molecule has 0 saturated carbocycles. The van der Waals surface area contributed by atoms with E-state index in [1.807, 2.05) is 6.20 Å². The lowest BCUT2D eigenvalue weighted by molar-refractivity contribution is -0.117. The first-order valence-electron chi connectivity index (χ1n) is 5.22. The van der Waals surface area contributed by atoms with Crippen molar-refractivity contribution in [2.24, 2.45) is 0 Å². The minimum Gasteiger partial charge on any atom is -0.347 e. The molecule has 1 heterocycles. The van der Waals surface area contributed by atoms with Crippen LogP contribution in [0.1, 0.15) is 18.9 Å². The molecule has 0 N–H and O–H groups in total. The zero-order valence-corrected chi connectivity index (χ0v) is 9.16. The summed E-state index contributed by atoms with van der Waals surface area (Å²) < 4.78 is 2.14. The van der Waals surface area contributed by atoms with Gasteiger partial charge in [0.05, 0.1) is 0 Å². The van der Waals surface area contributed by atoms with Gasteiger partial charge in [0.2, 0.25) is 0 Å². The Kier molecular flexibility index (Phi) is 2.58. The fraction of sp³-hybridized carbons (Fsp3) is 0.308. The molecule has 0 saturated heterocycles. The van der Waals surface area contributed by atoms with Crippen molar-refractivity contribution in [2.45, 2.75) is 26.8 Å². The summed E-state index contributed by atoms with van der Waals surface area (Å²) >= 11 is 0. The van der Waals surface area contributed by atoms with Crippen molar-refractivity contribution in [1.82, 2.24) is 4.57 Å². The normalized spacial score (nSPS) is 10.8. The molecular formula is C13H15NO. The Morgan fingerprint density at radius 3 is 2.87 bits per heavy atom. The topological polar surface area (TPSA) is 22.0 Å². The number of Topliss-reactive ketones (excluding diaryl/α,β-unsaturated/α-hetero) is 1. The molecule has 15 heavy (non-hydrogen) atoms. The van der Waals surface area contributed by atoms with E-state index >= 15 is 0 Å². The van der Waals surface area contributed by atoms with Gasteiger partial charge in [-0.3, -0.25) is 4.79 Å². The van der Waals surface area contributed by atoms with Crippen LogP contribution in [-0.2, 0) is 11.3 Å². The number of fused-ring (bicyclic) bond motifs is 1. The van der Waals surface area contributed by atoms with Gasteiger partial charge in [-0.25, -0.2) is 0 Å². The van der Waals surface area contributed by atoms with Crippen LogP contribution < -0.4 is 0 Å². The van der Waals surface area contributed by atoms with E-state index in [9.17, 15) is 4.79 Å². The number of aromatic nitrogens is 1. The van der Waals surface area contributed by atoms with E-state index in [0.717, 1.165) is 6.54 Å². The van der Waals surface area contributed by atoms with Crippen LogP contribution in [0.25, 0.3) is 10.9 Å². The predicted octanol–water partition coefficient (Wildman–Crippen LogP) is 2.93. The van der Waals surface area contributed by atoms with E-state index in [1.165, 1.54) is 16.5 Å². The molecule has 2 rings (SSSR count). The third-order valence-corrected chi connectivity index (χ3v) is 2.63. The Morgan fingerprint density at radius 2 is 2.13 bits per heavy atom. The highest BCUT2D eigenvalue weighted by atomic mass is 16.1. The summed E-state index contributed by atoms with van der Waals surface area (Å²) in [6, 6.07) is 8.48. The van der Waals surface area contributed by atoms with Crippen molar-refractivity contribution in [2.75, 3.05) is 0 Å². The molecule has 1 aromatic heterocycles. The largest absolute Gasteiger partial charge is 0.347 e. The quantitative estimate of drug-likeness (QED) is 0.748. The summed E-state index contributed by atoms with van der Waals surface area (Å²) in [5.41, 5.74) is 2.47. The summed E-state index contributed by atoms with van der Waals surface area (Å²) in [6.45, 7) is 4.50. The van der Waals surface area contributed by atoms with E-state index in [0.29, 0.717) is 6.42 Å². The van der Waals surface area contributed by atoms with Gasteiger partial charge in [-0.1, -0.05) is 12.1 Å². The lowest BCUT2D eigenvalue weighted by Crippen LogP contribution is -2.01. The van der Waals surface area contributed by atoms with E-state index in [1.54, 1.807) is 6.92 Å². The maximum absolute atomic E-state index is 10.9. The van der Waals surface area contributed by atoms with Gasteiger partial charge in [0.15, 0.2) is 0 Å². The summed E-state index contributed by atoms with van der Waals surface area (Å²) in [6.07, 6.45) is 2.66. The van der Waals surface area contributed by atoms with Crippen LogP contribution in [0, 0.1) is 6.92 Å². The number of rotatable bonds is 3. The summed E-state index contributed by atoms with van der Waals surface area (Å²) in [5.74, 6) is 0.240. The molecular weight excluding hydrogens is 186 g/mol. The molecule has 2 aromatic rings. The number of aryl methyl sites for hydroxylation is 2. The number of nitrogens with zero attached hydrogens (tertiary/aromatic N) is 1. The highest BCUT2D eigenvalue weighted by Crippen LogP contribution is 2.17. The third kappa shape index (κ3) is 2.09. The van der Waals surface area contributed by atoms with Crippen molar-refractivity contribution in [3.05, 3.63) is 36.0 Å². The maximum Gasteiger partial charge on any atom is 0.131 e. The second-order valence-corrected chi connectivity index (χ2v) is 4.02. The van der Waals surface area contributed by atoms with Crippen LogP contribution in [0.5, 0.6) is 0 Å². The van der Waals surface area contributed by atoms with Gasteiger partial charge in [-0.05, 0) is 36.9 Å². The second-order valence-electron chi connectivity index (χ2n) is 4.02. The molecule has 2 nitrogen and oxygen atoms in total. The van der Waals surface area contributed by atoms with Gasteiger partial charge in [0, 0.05) is 24.7 Å². The number of carbonyl (C=O) groups excluding carboxylic acids is 1. The van der Waals surface area contributed by atoms with Gasteiger partial charge in [0.1, 0.15) is 5.78 Å². The van der Waals surface area contributed by atoms with Crippen LogP contribution in [0.3, 0.4) is 0 Å². The fourth-order valence-electron chi connectivity index (χ4n) is 1.77. The highest BCUT2D eigenvalue weighted by Gasteiger charge is 2.01. The van der Waals surface area contributed by atoms with Crippen molar-refractivity contribution in [1.29, 1.82) is 0 Å². The molecule has 0 fully saturated rings. The molecule has 1 aromatic carbocycles. The fourth-order valence-corrected chi connectivity index (χ4v) is 1.77. The molecule has 0 spiro atoms. The Balaban J connectivity index is 2.35. The predicted molar refractivity (Wildman–Crippen MR) is 62.0 cm³/mol. The zero-order valence-electron chi connectivity index (χ0n) is 9.16. The van der Waals surface area contributed by atoms with Gasteiger partial charge in [0.25, 0.3) is 0 Å². The van der Waals surface area contributed by atoms with Crippen LogP contribution >= 0.6 is 0 Å². The number of ketones is 1. The van der Waals surface area contributed by atoms with Crippen LogP contribution in [0.15, 0.2) is 30.5 Å². The van der Waals surface area contributed by atoms with Crippen LogP contribution in [0.2, 0.25) is 0 Å². The second kappa shape index (κ2) is 3.89. The Morgan fingerprint density at radius 1 is 1.33 bits per heavy atom. The Labute approximate surface area is 89.5 Å². The molecule has 0 amide bonds. The summed E-state index contributed by atoms with van der Waals surface area (Å²) in [5, 5.41) is 1.24. The standard InChI is InChI=1S/C13H15NO/c1-10-3-4-12-6-8-14(13(12)9-10)7-5-11(2)15/h3-4,6,8-9H,5,7H2,1-2H3. The van der Waals surface area contributed by atoms with Crippen molar-refractivity contribution in [3.63, 3.8) is 0 Å². The average molecular weight is 201 g/mol. The first-order valence-corrected chi connectivity index (χ1v) is 5.22. The monoisotopic (exact) mass is 201 g/mol. The highest BCUT2D eigenvalue weighted by molar-refractivity contribution is 5.81. The van der Waals surface area contributed by atoms with Crippen LogP contribution in [0.4, 0.5) is 0 Å². The SMILES string of the molecule is CC(=O)CCn1ccc2ccc(C)cc21. The molecule has 78 valence electrons. The van der Waals surface area contributed by atoms with E-state index < -0.39 is 0 Å². The van der Waals surface area contributed by atoms with Gasteiger partial charge in [-0.2, -0.15) is 0 Å². The lowest BCUT2D eigenvalue weighted by Gasteiger charge is -2.03. The Bertz CT molecular complexity index is 496. The number of hydrogen-bond donors (Lipinski definition) is 0. The first kappa shape index (κ1) is 9.97. The van der Waals surface area contributed by atoms with E-state index in [2.05, 4.69) is 35.8 Å². The smallest absolute Gasteiger partial charge is 0.131 e. The van der Waals surface area contributed by atoms with Gasteiger partial charge >= 0.3 is 0 Å².